The van der Waals surface area contributed by atoms with Crippen LogP contribution in [0.25, 0.3) is 0 Å². The molecule has 3 atom stereocenters. The first kappa shape index (κ1) is 12.7. The molecule has 2 N–H and O–H groups in total. The molecular weight excluding hydrogens is 216 g/mol. The number of likely N-dealkylation sites (tertiary alicyclic amines) is 1. The molecule has 94 valence electrons. The van der Waals surface area contributed by atoms with E-state index in [0.717, 1.165) is 24.4 Å². The van der Waals surface area contributed by atoms with Crippen LogP contribution in [0.2, 0.25) is 0 Å². The molecule has 3 unspecified atom stereocenters. The van der Waals surface area contributed by atoms with Crippen molar-refractivity contribution < 1.29 is 0 Å². The average Bonchev–Trinajstić information content (AvgIpc) is 2.88. The van der Waals surface area contributed by atoms with Gasteiger partial charge in [-0.05, 0) is 49.1 Å². The average molecular weight is 242 g/mol. The summed E-state index contributed by atoms with van der Waals surface area (Å²) in [6.07, 6.45) is 4.14. The quantitative estimate of drug-likeness (QED) is 0.819. The van der Waals surface area contributed by atoms with Crippen LogP contribution in [0.3, 0.4) is 0 Å². The van der Waals surface area contributed by atoms with Gasteiger partial charge in [-0.15, -0.1) is 0 Å². The summed E-state index contributed by atoms with van der Waals surface area (Å²) in [5.74, 6) is 4.32. The van der Waals surface area contributed by atoms with E-state index in [9.17, 15) is 0 Å². The third kappa shape index (κ3) is 2.57. The molecule has 0 aromatic rings. The van der Waals surface area contributed by atoms with Gasteiger partial charge in [0.25, 0.3) is 0 Å². The zero-order chi connectivity index (χ0) is 11.5. The van der Waals surface area contributed by atoms with E-state index in [0.29, 0.717) is 6.04 Å². The van der Waals surface area contributed by atoms with Crippen molar-refractivity contribution in [3.05, 3.63) is 0 Å². The molecule has 2 rings (SSSR count). The maximum Gasteiger partial charge on any atom is 0.0257 e. The normalized spacial score (nSPS) is 33.8. The summed E-state index contributed by atoms with van der Waals surface area (Å²) in [6, 6.07) is 1.45. The van der Waals surface area contributed by atoms with Gasteiger partial charge >= 0.3 is 0 Å². The summed E-state index contributed by atoms with van der Waals surface area (Å²) in [5, 5.41) is 0. The fraction of sp³-hybridized carbons (Fsp3) is 1.00. The van der Waals surface area contributed by atoms with E-state index in [2.05, 4.69) is 30.5 Å². The summed E-state index contributed by atoms with van der Waals surface area (Å²) < 4.78 is 0. The predicted molar refractivity (Wildman–Crippen MR) is 72.8 cm³/mol. The van der Waals surface area contributed by atoms with Gasteiger partial charge in [0.2, 0.25) is 0 Å². The van der Waals surface area contributed by atoms with Gasteiger partial charge in [0.15, 0.2) is 0 Å². The number of hydrogen-bond donors (Lipinski definition) is 1. The second-order valence-electron chi connectivity index (χ2n) is 5.62. The Bertz CT molecular complexity index is 214. The van der Waals surface area contributed by atoms with Gasteiger partial charge in [-0.25, -0.2) is 0 Å². The van der Waals surface area contributed by atoms with Crippen molar-refractivity contribution in [3.63, 3.8) is 0 Å². The highest BCUT2D eigenvalue weighted by Crippen LogP contribution is 2.33. The largest absolute Gasteiger partial charge is 0.329 e. The molecule has 2 nitrogen and oxygen atoms in total. The molecule has 0 bridgehead atoms. The Labute approximate surface area is 104 Å². The van der Waals surface area contributed by atoms with Crippen LogP contribution >= 0.6 is 11.8 Å². The van der Waals surface area contributed by atoms with Gasteiger partial charge in [-0.2, -0.15) is 11.8 Å². The summed E-state index contributed by atoms with van der Waals surface area (Å²) in [6.45, 7) is 6.86. The van der Waals surface area contributed by atoms with Crippen LogP contribution in [-0.4, -0.2) is 41.6 Å². The first-order valence-electron chi connectivity index (χ1n) is 6.77. The highest BCUT2D eigenvalue weighted by Gasteiger charge is 2.36. The fourth-order valence-corrected chi connectivity index (χ4v) is 4.73. The first-order chi connectivity index (χ1) is 7.74. The van der Waals surface area contributed by atoms with Crippen LogP contribution < -0.4 is 5.73 Å². The van der Waals surface area contributed by atoms with Crippen molar-refractivity contribution in [2.75, 3.05) is 24.6 Å². The van der Waals surface area contributed by atoms with Crippen LogP contribution in [0, 0.1) is 11.8 Å². The molecule has 3 heteroatoms. The topological polar surface area (TPSA) is 29.3 Å². The van der Waals surface area contributed by atoms with Crippen LogP contribution in [0.1, 0.15) is 33.1 Å². The zero-order valence-corrected chi connectivity index (χ0v) is 11.5. The number of nitrogens with zero attached hydrogens (tertiary/aromatic N) is 1. The van der Waals surface area contributed by atoms with Gasteiger partial charge in [0.1, 0.15) is 0 Å². The van der Waals surface area contributed by atoms with Crippen LogP contribution in [-0.2, 0) is 0 Å². The molecule has 0 amide bonds. The van der Waals surface area contributed by atoms with Crippen molar-refractivity contribution in [3.8, 4) is 0 Å². The van der Waals surface area contributed by atoms with Gasteiger partial charge in [0.05, 0.1) is 0 Å². The van der Waals surface area contributed by atoms with E-state index in [-0.39, 0.29) is 0 Å². The van der Waals surface area contributed by atoms with Crippen LogP contribution in [0.4, 0.5) is 0 Å². The molecule has 0 radical (unpaired) electrons. The molecule has 2 aliphatic heterocycles. The number of rotatable bonds is 4. The minimum atomic E-state index is 0.657. The maximum absolute atomic E-state index is 6.04. The third-order valence-electron chi connectivity index (χ3n) is 4.29. The maximum atomic E-state index is 6.04. The molecule has 2 saturated heterocycles. The Kier molecular flexibility index (Phi) is 4.57. The third-order valence-corrected chi connectivity index (χ3v) is 5.48. The summed E-state index contributed by atoms with van der Waals surface area (Å²) in [7, 11) is 0. The molecule has 2 aliphatic rings. The Morgan fingerprint density at radius 2 is 2.19 bits per heavy atom. The van der Waals surface area contributed by atoms with Gasteiger partial charge in [-0.1, -0.05) is 13.8 Å². The van der Waals surface area contributed by atoms with E-state index < -0.39 is 0 Å². The Balaban J connectivity index is 2.01. The molecule has 16 heavy (non-hydrogen) atoms. The second-order valence-corrected chi connectivity index (χ2v) is 6.77. The van der Waals surface area contributed by atoms with E-state index >= 15 is 0 Å². The minimum Gasteiger partial charge on any atom is -0.329 e. The highest BCUT2D eigenvalue weighted by molar-refractivity contribution is 7.99. The molecule has 2 heterocycles. The van der Waals surface area contributed by atoms with Gasteiger partial charge in [0, 0.05) is 18.6 Å². The smallest absolute Gasteiger partial charge is 0.0257 e. The summed E-state index contributed by atoms with van der Waals surface area (Å²) >= 11 is 2.11. The fourth-order valence-electron chi connectivity index (χ4n) is 3.40. The van der Waals surface area contributed by atoms with E-state index in [1.54, 1.807) is 0 Å². The molecule has 0 saturated carbocycles. The lowest BCUT2D eigenvalue weighted by Crippen LogP contribution is -2.49. The van der Waals surface area contributed by atoms with Gasteiger partial charge in [-0.3, -0.25) is 4.90 Å². The van der Waals surface area contributed by atoms with E-state index in [1.165, 1.54) is 37.3 Å². The molecule has 0 aromatic carbocycles. The van der Waals surface area contributed by atoms with Gasteiger partial charge < -0.3 is 5.73 Å². The second kappa shape index (κ2) is 5.74. The first-order valence-corrected chi connectivity index (χ1v) is 7.93. The predicted octanol–water partition coefficient (Wildman–Crippen LogP) is 2.19. The Hall–Kier alpha value is 0.270. The SMILES string of the molecule is CC(C)C1CCCN1C(CN)C1CCSC1. The van der Waals surface area contributed by atoms with Crippen molar-refractivity contribution in [1.29, 1.82) is 0 Å². The number of hydrogen-bond acceptors (Lipinski definition) is 3. The number of nitrogens with two attached hydrogens (primary N) is 1. The molecular formula is C13H26N2S. The van der Waals surface area contributed by atoms with Crippen LogP contribution in [0.15, 0.2) is 0 Å². The molecule has 0 aliphatic carbocycles. The molecule has 0 spiro atoms. The highest BCUT2D eigenvalue weighted by atomic mass is 32.2. The number of thioether (sulfide) groups is 1. The summed E-state index contributed by atoms with van der Waals surface area (Å²) in [5.41, 5.74) is 6.04. The minimum absolute atomic E-state index is 0.657. The lowest BCUT2D eigenvalue weighted by atomic mass is 9.94. The van der Waals surface area contributed by atoms with E-state index in [4.69, 9.17) is 5.73 Å². The van der Waals surface area contributed by atoms with Crippen molar-refractivity contribution in [1.82, 2.24) is 4.90 Å². The van der Waals surface area contributed by atoms with Crippen LogP contribution in [0.5, 0.6) is 0 Å². The van der Waals surface area contributed by atoms with Crippen molar-refractivity contribution in [2.24, 2.45) is 17.6 Å². The van der Waals surface area contributed by atoms with Crippen molar-refractivity contribution >= 4 is 11.8 Å². The molecule has 2 fully saturated rings. The molecule has 0 aromatic heterocycles. The Morgan fingerprint density at radius 1 is 1.38 bits per heavy atom. The van der Waals surface area contributed by atoms with Crippen molar-refractivity contribution in [2.45, 2.75) is 45.2 Å². The standard InChI is InChI=1S/C13H26N2S/c1-10(2)12-4-3-6-15(12)13(8-14)11-5-7-16-9-11/h10-13H,3-9,14H2,1-2H3. The zero-order valence-electron chi connectivity index (χ0n) is 10.7. The monoisotopic (exact) mass is 242 g/mol. The van der Waals surface area contributed by atoms with E-state index in [1.807, 2.05) is 0 Å². The lowest BCUT2D eigenvalue weighted by Gasteiger charge is -2.37. The lowest BCUT2D eigenvalue weighted by molar-refractivity contribution is 0.114. The summed E-state index contributed by atoms with van der Waals surface area (Å²) in [4.78, 5) is 2.74. The Morgan fingerprint density at radius 3 is 2.75 bits per heavy atom.